The predicted molar refractivity (Wildman–Crippen MR) is 126 cm³/mol. The lowest BCUT2D eigenvalue weighted by Gasteiger charge is -2.30. The molecule has 1 aromatic carbocycles. The van der Waals surface area contributed by atoms with Crippen LogP contribution in [0.3, 0.4) is 0 Å². The van der Waals surface area contributed by atoms with Gasteiger partial charge in [0.1, 0.15) is 11.5 Å². The molecule has 2 heterocycles. The molecule has 170 valence electrons. The summed E-state index contributed by atoms with van der Waals surface area (Å²) in [6.07, 6.45) is 5.38. The maximum atomic E-state index is 13.5. The van der Waals surface area contributed by atoms with Crippen molar-refractivity contribution in [3.63, 3.8) is 0 Å². The van der Waals surface area contributed by atoms with Gasteiger partial charge in [-0.25, -0.2) is 0 Å². The van der Waals surface area contributed by atoms with Crippen molar-refractivity contribution < 1.29 is 14.0 Å². The van der Waals surface area contributed by atoms with Gasteiger partial charge in [0.25, 0.3) is 0 Å². The van der Waals surface area contributed by atoms with Gasteiger partial charge in [-0.15, -0.1) is 0 Å². The molecule has 0 aliphatic heterocycles. The lowest BCUT2D eigenvalue weighted by molar-refractivity contribution is -0.143. The molecule has 0 aliphatic rings. The van der Waals surface area contributed by atoms with Crippen LogP contribution in [0.1, 0.15) is 38.8 Å². The van der Waals surface area contributed by atoms with E-state index in [1.165, 1.54) is 0 Å². The van der Waals surface area contributed by atoms with Gasteiger partial charge in [-0.1, -0.05) is 39.8 Å². The molecule has 0 radical (unpaired) electrons. The Labute approximate surface area is 190 Å². The first kappa shape index (κ1) is 23.5. The van der Waals surface area contributed by atoms with E-state index in [0.717, 1.165) is 22.1 Å². The first-order chi connectivity index (χ1) is 15.3. The van der Waals surface area contributed by atoms with Gasteiger partial charge >= 0.3 is 0 Å². The zero-order chi connectivity index (χ0) is 23.1. The maximum Gasteiger partial charge on any atom is 0.235 e. The minimum Gasteiger partial charge on any atom is -0.464 e. The molecule has 0 bridgehead atoms. The van der Waals surface area contributed by atoms with Crippen molar-refractivity contribution in [1.29, 1.82) is 0 Å². The Morgan fingerprint density at radius 2 is 1.78 bits per heavy atom. The number of furan rings is 1. The van der Waals surface area contributed by atoms with Gasteiger partial charge < -0.3 is 14.6 Å². The van der Waals surface area contributed by atoms with E-state index in [-0.39, 0.29) is 11.8 Å². The monoisotopic (exact) mass is 435 g/mol. The quantitative estimate of drug-likeness (QED) is 0.478. The number of nitrogens with zero attached hydrogens (tertiary/aromatic N) is 2. The summed E-state index contributed by atoms with van der Waals surface area (Å²) in [5.41, 5.74) is 2.64. The highest BCUT2D eigenvalue weighted by atomic mass is 16.3. The molecule has 1 atom stereocenters. The third-order valence-electron chi connectivity index (χ3n) is 5.24. The Balaban J connectivity index is 1.78. The molecule has 0 saturated heterocycles. The van der Waals surface area contributed by atoms with Crippen LogP contribution in [0.15, 0.2) is 59.5 Å². The van der Waals surface area contributed by atoms with E-state index in [9.17, 15) is 9.59 Å². The summed E-state index contributed by atoms with van der Waals surface area (Å²) in [7, 11) is 0. The molecule has 0 saturated carbocycles. The summed E-state index contributed by atoms with van der Waals surface area (Å²) in [5.74, 6) is -0.542. The topological polar surface area (TPSA) is 75.4 Å². The highest BCUT2D eigenvalue weighted by molar-refractivity contribution is 6.00. The van der Waals surface area contributed by atoms with Crippen LogP contribution in [0.5, 0.6) is 0 Å². The molecule has 32 heavy (non-hydrogen) atoms. The summed E-state index contributed by atoms with van der Waals surface area (Å²) in [5, 5.41) is 3.97. The number of benzene rings is 1. The van der Waals surface area contributed by atoms with Gasteiger partial charge in [0.05, 0.1) is 6.26 Å². The van der Waals surface area contributed by atoms with Crippen LogP contribution >= 0.6 is 0 Å². The molecule has 3 rings (SSSR count). The van der Waals surface area contributed by atoms with Crippen LogP contribution in [-0.4, -0.2) is 34.8 Å². The highest BCUT2D eigenvalue weighted by Crippen LogP contribution is 2.18. The number of pyridine rings is 1. The minimum absolute atomic E-state index is 0.126. The number of hydrogen-bond acceptors (Lipinski definition) is 4. The SMILES string of the molecule is CC(C)CN(CC(C)C)C(=O)C(Cc1cccnc1)C(=O)NCc1ccc2occc2c1. The van der Waals surface area contributed by atoms with Crippen molar-refractivity contribution in [2.75, 3.05) is 13.1 Å². The molecule has 6 heteroatoms. The van der Waals surface area contributed by atoms with E-state index in [1.807, 2.05) is 41.3 Å². The van der Waals surface area contributed by atoms with Crippen molar-refractivity contribution >= 4 is 22.8 Å². The van der Waals surface area contributed by atoms with E-state index in [1.54, 1.807) is 18.7 Å². The molecular formula is C26H33N3O3. The highest BCUT2D eigenvalue weighted by Gasteiger charge is 2.31. The van der Waals surface area contributed by atoms with Crippen LogP contribution in [-0.2, 0) is 22.6 Å². The predicted octanol–water partition coefficient (Wildman–Crippen LogP) is 4.44. The molecule has 2 amide bonds. The Kier molecular flexibility index (Phi) is 8.03. The van der Waals surface area contributed by atoms with Gasteiger partial charge in [-0.3, -0.25) is 14.6 Å². The number of amides is 2. The molecule has 6 nitrogen and oxygen atoms in total. The number of carbonyl (C=O) groups excluding carboxylic acids is 2. The Morgan fingerprint density at radius 3 is 2.44 bits per heavy atom. The summed E-state index contributed by atoms with van der Waals surface area (Å²) >= 11 is 0. The van der Waals surface area contributed by atoms with Crippen molar-refractivity contribution in [1.82, 2.24) is 15.2 Å². The lowest BCUT2D eigenvalue weighted by atomic mass is 9.96. The van der Waals surface area contributed by atoms with Crippen molar-refractivity contribution in [3.05, 3.63) is 66.2 Å². The zero-order valence-electron chi connectivity index (χ0n) is 19.4. The second-order valence-electron chi connectivity index (χ2n) is 9.16. The standard InChI is InChI=1S/C26H33N3O3/c1-18(2)16-29(17-19(3)4)26(31)23(13-20-6-5-10-27-14-20)25(30)28-15-21-7-8-24-22(12-21)9-11-32-24/h5-12,14,18-19,23H,13,15-17H2,1-4H3,(H,28,30). The molecule has 1 unspecified atom stereocenters. The number of aromatic nitrogens is 1. The maximum absolute atomic E-state index is 13.5. The fraction of sp³-hybridized carbons (Fsp3) is 0.423. The molecular weight excluding hydrogens is 402 g/mol. The number of nitrogens with one attached hydrogen (secondary N) is 1. The largest absolute Gasteiger partial charge is 0.464 e. The molecule has 0 spiro atoms. The fourth-order valence-electron chi connectivity index (χ4n) is 3.84. The summed E-state index contributed by atoms with van der Waals surface area (Å²) < 4.78 is 5.38. The van der Waals surface area contributed by atoms with E-state index < -0.39 is 5.92 Å². The number of carbonyl (C=O) groups is 2. The summed E-state index contributed by atoms with van der Waals surface area (Å²) in [6, 6.07) is 11.4. The van der Waals surface area contributed by atoms with Gasteiger partial charge in [-0.05, 0) is 53.6 Å². The Bertz CT molecular complexity index is 1020. The smallest absolute Gasteiger partial charge is 0.235 e. The lowest BCUT2D eigenvalue weighted by Crippen LogP contribution is -2.46. The first-order valence-electron chi connectivity index (χ1n) is 11.2. The number of fused-ring (bicyclic) bond motifs is 1. The summed E-state index contributed by atoms with van der Waals surface area (Å²) in [6.45, 7) is 9.96. The normalized spacial score (nSPS) is 12.3. The Hall–Kier alpha value is -3.15. The third kappa shape index (κ3) is 6.42. The van der Waals surface area contributed by atoms with E-state index >= 15 is 0 Å². The van der Waals surface area contributed by atoms with Crippen LogP contribution in [0, 0.1) is 17.8 Å². The van der Waals surface area contributed by atoms with Gasteiger partial charge in [0.15, 0.2) is 0 Å². The number of rotatable bonds is 10. The van der Waals surface area contributed by atoms with Crippen molar-refractivity contribution in [3.8, 4) is 0 Å². The second kappa shape index (κ2) is 10.9. The average Bonchev–Trinajstić information content (AvgIpc) is 3.23. The van der Waals surface area contributed by atoms with Crippen molar-refractivity contribution in [2.45, 2.75) is 40.7 Å². The van der Waals surface area contributed by atoms with Crippen LogP contribution < -0.4 is 5.32 Å². The average molecular weight is 436 g/mol. The van der Waals surface area contributed by atoms with E-state index in [2.05, 4.69) is 38.0 Å². The minimum atomic E-state index is -0.797. The molecule has 2 aromatic heterocycles. The van der Waals surface area contributed by atoms with Crippen LogP contribution in [0.25, 0.3) is 11.0 Å². The van der Waals surface area contributed by atoms with E-state index in [0.29, 0.717) is 37.9 Å². The van der Waals surface area contributed by atoms with Crippen LogP contribution in [0.2, 0.25) is 0 Å². The van der Waals surface area contributed by atoms with Gasteiger partial charge in [0, 0.05) is 37.4 Å². The van der Waals surface area contributed by atoms with Gasteiger partial charge in [0.2, 0.25) is 11.8 Å². The van der Waals surface area contributed by atoms with E-state index in [4.69, 9.17) is 4.42 Å². The molecule has 3 aromatic rings. The van der Waals surface area contributed by atoms with Gasteiger partial charge in [-0.2, -0.15) is 0 Å². The zero-order valence-corrected chi connectivity index (χ0v) is 19.4. The van der Waals surface area contributed by atoms with Crippen molar-refractivity contribution in [2.24, 2.45) is 17.8 Å². The Morgan fingerprint density at radius 1 is 1.03 bits per heavy atom. The fourth-order valence-corrected chi connectivity index (χ4v) is 3.84. The molecule has 0 aliphatic carbocycles. The second-order valence-corrected chi connectivity index (χ2v) is 9.16. The summed E-state index contributed by atoms with van der Waals surface area (Å²) in [4.78, 5) is 32.8. The number of hydrogen-bond donors (Lipinski definition) is 1. The molecule has 1 N–H and O–H groups in total. The first-order valence-corrected chi connectivity index (χ1v) is 11.2. The third-order valence-corrected chi connectivity index (χ3v) is 5.24. The van der Waals surface area contributed by atoms with Crippen LogP contribution in [0.4, 0.5) is 0 Å². The molecule has 0 fully saturated rings.